The lowest BCUT2D eigenvalue weighted by Gasteiger charge is -2.01. The Hall–Kier alpha value is -0.925. The standard InChI is InChI=1S/C7H6BF3/c8-4-1-2-5(7(10)11)6(9)3-4/h1-3,7H,8H2. The molecule has 0 nitrogen and oxygen atoms in total. The summed E-state index contributed by atoms with van der Waals surface area (Å²) in [7, 11) is 1.65. The van der Waals surface area contributed by atoms with Crippen molar-refractivity contribution < 1.29 is 13.2 Å². The van der Waals surface area contributed by atoms with E-state index >= 15 is 0 Å². The van der Waals surface area contributed by atoms with Crippen LogP contribution in [0.2, 0.25) is 0 Å². The summed E-state index contributed by atoms with van der Waals surface area (Å²) in [4.78, 5) is 0. The second-order valence-electron chi connectivity index (χ2n) is 2.33. The summed E-state index contributed by atoms with van der Waals surface area (Å²) < 4.78 is 36.5. The van der Waals surface area contributed by atoms with Gasteiger partial charge in [-0.15, -0.1) is 0 Å². The van der Waals surface area contributed by atoms with Crippen LogP contribution in [0.1, 0.15) is 12.0 Å². The lowest BCUT2D eigenvalue weighted by atomic mass is 9.95. The van der Waals surface area contributed by atoms with E-state index in [2.05, 4.69) is 0 Å². The fraction of sp³-hybridized carbons (Fsp3) is 0.143. The molecule has 1 aromatic carbocycles. The average Bonchev–Trinajstić information content (AvgIpc) is 1.85. The van der Waals surface area contributed by atoms with Crippen LogP contribution < -0.4 is 5.46 Å². The van der Waals surface area contributed by atoms with Crippen molar-refractivity contribution in [3.05, 3.63) is 29.6 Å². The van der Waals surface area contributed by atoms with Crippen LogP contribution in [-0.2, 0) is 0 Å². The van der Waals surface area contributed by atoms with Gasteiger partial charge in [0.15, 0.2) is 0 Å². The first-order chi connectivity index (χ1) is 5.11. The SMILES string of the molecule is Bc1ccc(C(F)F)c(F)c1. The molecule has 0 saturated carbocycles. The van der Waals surface area contributed by atoms with Gasteiger partial charge in [0.2, 0.25) is 0 Å². The van der Waals surface area contributed by atoms with Crippen LogP contribution >= 0.6 is 0 Å². The van der Waals surface area contributed by atoms with E-state index in [0.717, 1.165) is 12.1 Å². The van der Waals surface area contributed by atoms with Crippen molar-refractivity contribution in [2.45, 2.75) is 6.43 Å². The molecule has 1 rings (SSSR count). The van der Waals surface area contributed by atoms with E-state index in [9.17, 15) is 13.2 Å². The summed E-state index contributed by atoms with van der Waals surface area (Å²) >= 11 is 0. The number of halogens is 3. The highest BCUT2D eigenvalue weighted by molar-refractivity contribution is 6.32. The van der Waals surface area contributed by atoms with Gasteiger partial charge < -0.3 is 0 Å². The van der Waals surface area contributed by atoms with Crippen molar-refractivity contribution in [3.8, 4) is 0 Å². The Labute approximate surface area is 63.4 Å². The van der Waals surface area contributed by atoms with Gasteiger partial charge in [0, 0.05) is 0 Å². The molecule has 0 aromatic heterocycles. The summed E-state index contributed by atoms with van der Waals surface area (Å²) in [6.45, 7) is 0. The molecule has 0 aliphatic rings. The molecule has 0 N–H and O–H groups in total. The minimum absolute atomic E-state index is 0.532. The van der Waals surface area contributed by atoms with Gasteiger partial charge in [-0.05, 0) is 6.07 Å². The number of hydrogen-bond acceptors (Lipinski definition) is 0. The second kappa shape index (κ2) is 2.99. The summed E-state index contributed by atoms with van der Waals surface area (Å²) in [6, 6.07) is 3.67. The first kappa shape index (κ1) is 8.17. The number of benzene rings is 1. The van der Waals surface area contributed by atoms with Crippen LogP contribution in [0.3, 0.4) is 0 Å². The lowest BCUT2D eigenvalue weighted by molar-refractivity contribution is 0.146. The van der Waals surface area contributed by atoms with Crippen LogP contribution in [0.4, 0.5) is 13.2 Å². The molecule has 0 unspecified atom stereocenters. The quantitative estimate of drug-likeness (QED) is 0.535. The van der Waals surface area contributed by atoms with Crippen molar-refractivity contribution in [2.75, 3.05) is 0 Å². The average molecular weight is 158 g/mol. The maximum Gasteiger partial charge on any atom is 0.266 e. The lowest BCUT2D eigenvalue weighted by Crippen LogP contribution is -2.04. The molecule has 0 atom stereocenters. The minimum Gasteiger partial charge on any atom is -0.207 e. The Balaban J connectivity index is 3.09. The van der Waals surface area contributed by atoms with Gasteiger partial charge >= 0.3 is 0 Å². The van der Waals surface area contributed by atoms with Crippen molar-refractivity contribution in [2.24, 2.45) is 0 Å². The van der Waals surface area contributed by atoms with Gasteiger partial charge in [0.25, 0.3) is 6.43 Å². The fourth-order valence-electron chi connectivity index (χ4n) is 0.809. The van der Waals surface area contributed by atoms with Gasteiger partial charge in [-0.1, -0.05) is 17.6 Å². The van der Waals surface area contributed by atoms with Gasteiger partial charge in [-0.25, -0.2) is 13.2 Å². The Morgan fingerprint density at radius 1 is 1.27 bits per heavy atom. The molecule has 0 amide bonds. The third-order valence-corrected chi connectivity index (χ3v) is 1.39. The zero-order chi connectivity index (χ0) is 8.43. The Kier molecular flexibility index (Phi) is 2.22. The van der Waals surface area contributed by atoms with Crippen LogP contribution in [0.15, 0.2) is 18.2 Å². The molecule has 4 heteroatoms. The Morgan fingerprint density at radius 3 is 2.36 bits per heavy atom. The molecule has 1 aromatic rings. The van der Waals surface area contributed by atoms with Crippen LogP contribution in [0.5, 0.6) is 0 Å². The topological polar surface area (TPSA) is 0 Å². The summed E-state index contributed by atoms with van der Waals surface area (Å²) in [5, 5.41) is 0. The fourth-order valence-corrected chi connectivity index (χ4v) is 0.809. The van der Waals surface area contributed by atoms with E-state index in [1.165, 1.54) is 6.07 Å². The third-order valence-electron chi connectivity index (χ3n) is 1.39. The minimum atomic E-state index is -2.73. The highest BCUT2D eigenvalue weighted by Gasteiger charge is 2.11. The predicted octanol–water partition coefficient (Wildman–Crippen LogP) is 1.02. The van der Waals surface area contributed by atoms with Crippen molar-refractivity contribution in [1.29, 1.82) is 0 Å². The maximum absolute atomic E-state index is 12.6. The largest absolute Gasteiger partial charge is 0.266 e. The van der Waals surface area contributed by atoms with Gasteiger partial charge in [-0.3, -0.25) is 0 Å². The van der Waals surface area contributed by atoms with Gasteiger partial charge in [-0.2, -0.15) is 0 Å². The Bertz CT molecular complexity index is 260. The molecule has 0 bridgehead atoms. The van der Waals surface area contributed by atoms with E-state index in [4.69, 9.17) is 0 Å². The van der Waals surface area contributed by atoms with Gasteiger partial charge in [0.1, 0.15) is 13.7 Å². The van der Waals surface area contributed by atoms with E-state index in [-0.39, 0.29) is 0 Å². The summed E-state index contributed by atoms with van der Waals surface area (Å²) in [5.74, 6) is -0.833. The molecule has 0 saturated heterocycles. The number of rotatable bonds is 1. The molecule has 0 radical (unpaired) electrons. The summed E-state index contributed by atoms with van der Waals surface area (Å²) in [6.07, 6.45) is -2.73. The molecule has 0 aliphatic carbocycles. The molecular weight excluding hydrogens is 152 g/mol. The number of hydrogen-bond donors (Lipinski definition) is 0. The molecule has 0 fully saturated rings. The van der Waals surface area contributed by atoms with Crippen LogP contribution in [0, 0.1) is 5.82 Å². The zero-order valence-electron chi connectivity index (χ0n) is 5.94. The normalized spacial score (nSPS) is 10.5. The van der Waals surface area contributed by atoms with Crippen LogP contribution in [-0.4, -0.2) is 7.85 Å². The summed E-state index contributed by atoms with van der Waals surface area (Å²) in [5.41, 5.74) is 0.113. The second-order valence-corrected chi connectivity index (χ2v) is 2.33. The van der Waals surface area contributed by atoms with E-state index in [0.29, 0.717) is 5.46 Å². The Morgan fingerprint density at radius 2 is 1.91 bits per heavy atom. The first-order valence-corrected chi connectivity index (χ1v) is 3.15. The number of alkyl halides is 2. The van der Waals surface area contributed by atoms with Crippen molar-refractivity contribution >= 4 is 13.3 Å². The molecule has 11 heavy (non-hydrogen) atoms. The highest BCUT2D eigenvalue weighted by Crippen LogP contribution is 2.20. The third kappa shape index (κ3) is 1.76. The van der Waals surface area contributed by atoms with E-state index in [1.54, 1.807) is 7.85 Å². The predicted molar refractivity (Wildman–Crippen MR) is 39.5 cm³/mol. The smallest absolute Gasteiger partial charge is 0.207 e. The zero-order valence-corrected chi connectivity index (χ0v) is 5.94. The molecule has 58 valence electrons. The molecular formula is C7H6BF3. The van der Waals surface area contributed by atoms with Crippen molar-refractivity contribution in [1.82, 2.24) is 0 Å². The highest BCUT2D eigenvalue weighted by atomic mass is 19.3. The van der Waals surface area contributed by atoms with Crippen molar-refractivity contribution in [3.63, 3.8) is 0 Å². The molecule has 0 heterocycles. The van der Waals surface area contributed by atoms with Gasteiger partial charge in [0.05, 0.1) is 5.56 Å². The molecule has 0 aliphatic heterocycles. The molecule has 0 spiro atoms. The first-order valence-electron chi connectivity index (χ1n) is 3.15. The van der Waals surface area contributed by atoms with E-state index in [1.807, 2.05) is 0 Å². The monoisotopic (exact) mass is 158 g/mol. The van der Waals surface area contributed by atoms with E-state index < -0.39 is 17.8 Å². The van der Waals surface area contributed by atoms with Crippen LogP contribution in [0.25, 0.3) is 0 Å². The maximum atomic E-state index is 12.6.